The van der Waals surface area contributed by atoms with Gasteiger partial charge < -0.3 is 4.90 Å². The van der Waals surface area contributed by atoms with Crippen molar-refractivity contribution >= 4 is 11.5 Å². The van der Waals surface area contributed by atoms with Crippen molar-refractivity contribution in [1.82, 2.24) is 0 Å². The number of fused-ring (bicyclic) bond motifs is 1. The van der Waals surface area contributed by atoms with E-state index < -0.39 is 0 Å². The van der Waals surface area contributed by atoms with Gasteiger partial charge in [-0.2, -0.15) is 0 Å². The third-order valence-corrected chi connectivity index (χ3v) is 5.09. The van der Waals surface area contributed by atoms with E-state index in [0.717, 1.165) is 17.5 Å². The summed E-state index contributed by atoms with van der Waals surface area (Å²) in [6.45, 7) is 3.11. The van der Waals surface area contributed by atoms with Gasteiger partial charge in [0.15, 0.2) is 5.78 Å². The lowest BCUT2D eigenvalue weighted by Crippen LogP contribution is -2.46. The van der Waals surface area contributed by atoms with E-state index in [1.54, 1.807) is 0 Å². The molecule has 0 bridgehead atoms. The van der Waals surface area contributed by atoms with Crippen LogP contribution in [-0.2, 0) is 0 Å². The first-order valence-electron chi connectivity index (χ1n) is 8.19. The summed E-state index contributed by atoms with van der Waals surface area (Å²) in [4.78, 5) is 14.3. The molecule has 1 aliphatic carbocycles. The van der Waals surface area contributed by atoms with Gasteiger partial charge in [-0.15, -0.1) is 0 Å². The molecule has 2 aliphatic rings. The first-order chi connectivity index (χ1) is 9.79. The fraction of sp³-hybridized carbons (Fsp3) is 0.611. The Morgan fingerprint density at radius 1 is 1.10 bits per heavy atom. The Kier molecular flexibility index (Phi) is 4.09. The van der Waals surface area contributed by atoms with Crippen LogP contribution in [0.15, 0.2) is 24.3 Å². The average Bonchev–Trinajstić information content (AvgIpc) is 2.54. The molecule has 20 heavy (non-hydrogen) atoms. The molecule has 0 radical (unpaired) electrons. The van der Waals surface area contributed by atoms with E-state index in [1.165, 1.54) is 50.8 Å². The van der Waals surface area contributed by atoms with Crippen LogP contribution in [0.5, 0.6) is 0 Å². The minimum absolute atomic E-state index is 0.241. The zero-order valence-electron chi connectivity index (χ0n) is 12.5. The molecule has 3 rings (SSSR count). The monoisotopic (exact) mass is 271 g/mol. The highest BCUT2D eigenvalue weighted by Gasteiger charge is 2.33. The summed E-state index contributed by atoms with van der Waals surface area (Å²) in [5.41, 5.74) is 2.17. The first kappa shape index (κ1) is 13.7. The van der Waals surface area contributed by atoms with Crippen LogP contribution < -0.4 is 4.90 Å². The lowest BCUT2D eigenvalue weighted by Gasteiger charge is -2.45. The van der Waals surface area contributed by atoms with Crippen LogP contribution in [-0.4, -0.2) is 18.4 Å². The number of Topliss-reactive ketones (excluding diaryl/α,β-unsaturated/α-hetero) is 1. The molecule has 0 unspecified atom stereocenters. The van der Waals surface area contributed by atoms with Crippen molar-refractivity contribution in [2.75, 3.05) is 11.4 Å². The molecule has 0 N–H and O–H groups in total. The highest BCUT2D eigenvalue weighted by molar-refractivity contribution is 5.96. The topological polar surface area (TPSA) is 20.3 Å². The van der Waals surface area contributed by atoms with Crippen molar-refractivity contribution in [1.29, 1.82) is 0 Å². The molecule has 2 nitrogen and oxygen atoms in total. The molecule has 2 fully saturated rings. The fourth-order valence-corrected chi connectivity index (χ4v) is 3.99. The van der Waals surface area contributed by atoms with E-state index in [-0.39, 0.29) is 5.78 Å². The van der Waals surface area contributed by atoms with Crippen LogP contribution in [0.1, 0.15) is 62.2 Å². The molecule has 0 spiro atoms. The van der Waals surface area contributed by atoms with Crippen LogP contribution in [0.4, 0.5) is 5.69 Å². The van der Waals surface area contributed by atoms with Crippen molar-refractivity contribution in [2.45, 2.75) is 57.9 Å². The predicted octanol–water partition coefficient (Wildman–Crippen LogP) is 4.44. The zero-order valence-corrected chi connectivity index (χ0v) is 12.5. The Balaban J connectivity index is 1.78. The number of rotatable bonds is 3. The van der Waals surface area contributed by atoms with E-state index >= 15 is 0 Å². The van der Waals surface area contributed by atoms with Gasteiger partial charge in [-0.3, -0.25) is 4.79 Å². The van der Waals surface area contributed by atoms with Crippen molar-refractivity contribution in [3.05, 3.63) is 29.8 Å². The summed E-state index contributed by atoms with van der Waals surface area (Å²) in [5, 5.41) is 0. The number of carbonyl (C=O) groups excluding carboxylic acids is 1. The van der Waals surface area contributed by atoms with Gasteiger partial charge in [0.1, 0.15) is 0 Å². The van der Waals surface area contributed by atoms with Gasteiger partial charge in [-0.25, -0.2) is 0 Å². The maximum absolute atomic E-state index is 11.7. The molecule has 1 saturated carbocycles. The second kappa shape index (κ2) is 5.99. The van der Waals surface area contributed by atoms with Gasteiger partial charge in [0, 0.05) is 30.3 Å². The van der Waals surface area contributed by atoms with Gasteiger partial charge >= 0.3 is 0 Å². The molecular formula is C18H25NO. The van der Waals surface area contributed by atoms with E-state index in [2.05, 4.69) is 17.0 Å². The number of hydrogen-bond acceptors (Lipinski definition) is 2. The highest BCUT2D eigenvalue weighted by Crippen LogP contribution is 2.37. The molecule has 0 amide bonds. The van der Waals surface area contributed by atoms with Gasteiger partial charge in [0.2, 0.25) is 0 Å². The van der Waals surface area contributed by atoms with E-state index in [0.29, 0.717) is 6.42 Å². The van der Waals surface area contributed by atoms with Crippen LogP contribution >= 0.6 is 0 Å². The quantitative estimate of drug-likeness (QED) is 0.758. The molecule has 0 aromatic heterocycles. The van der Waals surface area contributed by atoms with Crippen molar-refractivity contribution < 1.29 is 4.79 Å². The Morgan fingerprint density at radius 2 is 1.80 bits per heavy atom. The molecule has 2 atom stereocenters. The number of benzene rings is 1. The zero-order chi connectivity index (χ0) is 13.9. The second-order valence-electron chi connectivity index (χ2n) is 6.27. The lowest BCUT2D eigenvalue weighted by atomic mass is 9.78. The summed E-state index contributed by atoms with van der Waals surface area (Å²) < 4.78 is 0. The molecule has 1 aromatic rings. The molecule has 2 heteroatoms. The number of ketones is 1. The van der Waals surface area contributed by atoms with Gasteiger partial charge in [0.25, 0.3) is 0 Å². The summed E-state index contributed by atoms with van der Waals surface area (Å²) in [7, 11) is 0. The number of carbonyl (C=O) groups is 1. The molecule has 1 aliphatic heterocycles. The van der Waals surface area contributed by atoms with Crippen LogP contribution in [0.25, 0.3) is 0 Å². The smallest absolute Gasteiger partial charge is 0.162 e. The summed E-state index contributed by atoms with van der Waals surface area (Å²) in [6.07, 6.45) is 8.87. The van der Waals surface area contributed by atoms with Crippen LogP contribution in [0.2, 0.25) is 0 Å². The molecule has 1 aromatic carbocycles. The average molecular weight is 271 g/mol. The van der Waals surface area contributed by atoms with Gasteiger partial charge in [-0.05, 0) is 55.9 Å². The third-order valence-electron chi connectivity index (χ3n) is 5.09. The van der Waals surface area contributed by atoms with Crippen molar-refractivity contribution in [3.8, 4) is 0 Å². The van der Waals surface area contributed by atoms with E-state index in [1.807, 2.05) is 19.1 Å². The first-order valence-corrected chi connectivity index (χ1v) is 8.19. The number of hydrogen-bond donors (Lipinski definition) is 0. The molecule has 108 valence electrons. The normalized spacial score (nSPS) is 26.1. The third kappa shape index (κ3) is 2.61. The van der Waals surface area contributed by atoms with Crippen molar-refractivity contribution in [2.24, 2.45) is 5.92 Å². The second-order valence-corrected chi connectivity index (χ2v) is 6.27. The van der Waals surface area contributed by atoms with Gasteiger partial charge in [0.05, 0.1) is 0 Å². The maximum atomic E-state index is 11.7. The molecular weight excluding hydrogens is 246 g/mol. The molecule has 1 heterocycles. The summed E-state index contributed by atoms with van der Waals surface area (Å²) in [5.74, 6) is 1.14. The SMILES string of the molecule is CCC(=O)c1ccc(N2CCC[C@H]3CCCC[C@H]32)cc1. The van der Waals surface area contributed by atoms with E-state index in [4.69, 9.17) is 0 Å². The minimum Gasteiger partial charge on any atom is -0.368 e. The van der Waals surface area contributed by atoms with Crippen LogP contribution in [0.3, 0.4) is 0 Å². The van der Waals surface area contributed by atoms with E-state index in [9.17, 15) is 4.79 Å². The fourth-order valence-electron chi connectivity index (χ4n) is 3.99. The Bertz CT molecular complexity index is 463. The Morgan fingerprint density at radius 3 is 2.55 bits per heavy atom. The Hall–Kier alpha value is -1.31. The highest BCUT2D eigenvalue weighted by atomic mass is 16.1. The summed E-state index contributed by atoms with van der Waals surface area (Å²) in [6, 6.07) is 9.06. The van der Waals surface area contributed by atoms with Crippen molar-refractivity contribution in [3.63, 3.8) is 0 Å². The largest absolute Gasteiger partial charge is 0.368 e. The van der Waals surface area contributed by atoms with Crippen LogP contribution in [0, 0.1) is 5.92 Å². The van der Waals surface area contributed by atoms with Gasteiger partial charge in [-0.1, -0.05) is 19.8 Å². The minimum atomic E-state index is 0.241. The maximum Gasteiger partial charge on any atom is 0.162 e. The Labute approximate surface area is 122 Å². The lowest BCUT2D eigenvalue weighted by molar-refractivity contribution is 0.0988. The number of anilines is 1. The number of nitrogens with zero attached hydrogens (tertiary/aromatic N) is 1. The number of piperidine rings is 1. The molecule has 1 saturated heterocycles. The predicted molar refractivity (Wildman–Crippen MR) is 83.4 cm³/mol. The standard InChI is InChI=1S/C18H25NO/c1-2-18(20)15-9-11-16(12-10-15)19-13-5-7-14-6-3-4-8-17(14)19/h9-12,14,17H,2-8,13H2,1H3/t14-,17-/m1/s1. The summed E-state index contributed by atoms with van der Waals surface area (Å²) >= 11 is 0.